The van der Waals surface area contributed by atoms with E-state index < -0.39 is 0 Å². The maximum Gasteiger partial charge on any atom is 0.135 e. The molecule has 0 radical (unpaired) electrons. The number of carbonyl (C=O) groups is 1. The van der Waals surface area contributed by atoms with Gasteiger partial charge in [0, 0.05) is 23.3 Å². The van der Waals surface area contributed by atoms with Crippen LogP contribution in [0.25, 0.3) is 0 Å². The first-order valence-electron chi connectivity index (χ1n) is 7.37. The molecule has 0 aliphatic carbocycles. The lowest BCUT2D eigenvalue weighted by molar-refractivity contribution is -0.119. The van der Waals surface area contributed by atoms with E-state index in [2.05, 4.69) is 12.1 Å². The topological polar surface area (TPSA) is 64.7 Å². The van der Waals surface area contributed by atoms with Gasteiger partial charge in [0.25, 0.3) is 0 Å². The summed E-state index contributed by atoms with van der Waals surface area (Å²) in [6.45, 7) is 0. The lowest BCUT2D eigenvalue weighted by Gasteiger charge is -2.28. The molecule has 0 spiro atoms. The number of ketones is 1. The number of hydrogen-bond acceptors (Lipinski definition) is 4. The third-order valence-corrected chi connectivity index (χ3v) is 5.51. The van der Waals surface area contributed by atoms with Gasteiger partial charge in [-0.2, -0.15) is 10.5 Å². The number of hydrogen-bond donors (Lipinski definition) is 0. The van der Waals surface area contributed by atoms with Crippen LogP contribution in [0.4, 0.5) is 0 Å². The third-order valence-electron chi connectivity index (χ3n) is 3.98. The zero-order valence-corrected chi connectivity index (χ0v) is 13.2. The number of nitriles is 2. The Morgan fingerprint density at radius 1 is 0.783 bits per heavy atom. The molecule has 3 rings (SSSR count). The molecule has 0 amide bonds. The minimum Gasteiger partial charge on any atom is -0.300 e. The van der Waals surface area contributed by atoms with Crippen LogP contribution in [0, 0.1) is 22.7 Å². The van der Waals surface area contributed by atoms with E-state index in [0.29, 0.717) is 24.0 Å². The third kappa shape index (κ3) is 3.44. The summed E-state index contributed by atoms with van der Waals surface area (Å²) in [7, 11) is 0. The van der Waals surface area contributed by atoms with Crippen molar-refractivity contribution in [3.8, 4) is 12.1 Å². The van der Waals surface area contributed by atoms with Gasteiger partial charge >= 0.3 is 0 Å². The molecule has 4 heteroatoms. The minimum absolute atomic E-state index is 0.115. The Balaban J connectivity index is 1.82. The van der Waals surface area contributed by atoms with Crippen molar-refractivity contribution in [2.24, 2.45) is 0 Å². The summed E-state index contributed by atoms with van der Waals surface area (Å²) in [5, 5.41) is 18.0. The highest BCUT2D eigenvalue weighted by Gasteiger charge is 2.29. The second-order valence-corrected chi connectivity index (χ2v) is 6.94. The SMILES string of the molecule is N#Cc1ccc([C@@H]2CC(=O)C[C@H](c3ccc(C#N)cc3)S2)cc1. The molecule has 23 heavy (non-hydrogen) atoms. The maximum absolute atomic E-state index is 12.2. The van der Waals surface area contributed by atoms with Crippen LogP contribution in [-0.2, 0) is 4.79 Å². The number of rotatable bonds is 2. The van der Waals surface area contributed by atoms with Gasteiger partial charge < -0.3 is 0 Å². The highest BCUT2D eigenvalue weighted by molar-refractivity contribution is 7.99. The predicted octanol–water partition coefficient (Wildman–Crippen LogP) is 4.31. The molecule has 0 saturated carbocycles. The second kappa shape index (κ2) is 6.69. The standard InChI is InChI=1S/C19H14N2OS/c20-11-13-1-5-15(6-2-13)18-9-17(22)10-19(23-18)16-7-3-14(12-21)4-8-16/h1-8,18-19H,9-10H2/t18-,19+. The monoisotopic (exact) mass is 318 g/mol. The predicted molar refractivity (Wildman–Crippen MR) is 89.6 cm³/mol. The molecular formula is C19H14N2OS. The largest absolute Gasteiger partial charge is 0.300 e. The number of nitrogens with zero attached hydrogens (tertiary/aromatic N) is 2. The van der Waals surface area contributed by atoms with Crippen LogP contribution >= 0.6 is 11.8 Å². The molecule has 2 aromatic rings. The smallest absolute Gasteiger partial charge is 0.135 e. The molecule has 2 atom stereocenters. The summed E-state index contributed by atoms with van der Waals surface area (Å²) in [5.41, 5.74) is 3.43. The Morgan fingerprint density at radius 3 is 1.52 bits per heavy atom. The highest BCUT2D eigenvalue weighted by atomic mass is 32.2. The van der Waals surface area contributed by atoms with E-state index >= 15 is 0 Å². The van der Waals surface area contributed by atoms with Gasteiger partial charge in [-0.3, -0.25) is 4.79 Å². The zero-order chi connectivity index (χ0) is 16.2. The molecule has 1 saturated heterocycles. The van der Waals surface area contributed by atoms with Gasteiger partial charge in [0.2, 0.25) is 0 Å². The lowest BCUT2D eigenvalue weighted by Crippen LogP contribution is -2.16. The average molecular weight is 318 g/mol. The van der Waals surface area contributed by atoms with Gasteiger partial charge in [0.15, 0.2) is 0 Å². The maximum atomic E-state index is 12.2. The van der Waals surface area contributed by atoms with Crippen molar-refractivity contribution in [2.75, 3.05) is 0 Å². The number of Topliss-reactive ketones (excluding diaryl/α,β-unsaturated/α-hetero) is 1. The first-order valence-corrected chi connectivity index (χ1v) is 8.31. The van der Waals surface area contributed by atoms with E-state index in [1.165, 1.54) is 0 Å². The Morgan fingerprint density at radius 2 is 1.17 bits per heavy atom. The fourth-order valence-electron chi connectivity index (χ4n) is 2.73. The Kier molecular flexibility index (Phi) is 4.46. The van der Waals surface area contributed by atoms with Crippen molar-refractivity contribution in [3.63, 3.8) is 0 Å². The molecule has 3 nitrogen and oxygen atoms in total. The van der Waals surface area contributed by atoms with Gasteiger partial charge in [0.1, 0.15) is 5.78 Å². The molecular weight excluding hydrogens is 304 g/mol. The van der Waals surface area contributed by atoms with Crippen LogP contribution in [0.5, 0.6) is 0 Å². The zero-order valence-electron chi connectivity index (χ0n) is 12.4. The van der Waals surface area contributed by atoms with E-state index in [4.69, 9.17) is 10.5 Å². The van der Waals surface area contributed by atoms with Crippen molar-refractivity contribution in [3.05, 3.63) is 70.8 Å². The van der Waals surface area contributed by atoms with E-state index in [0.717, 1.165) is 11.1 Å². The van der Waals surface area contributed by atoms with Gasteiger partial charge in [-0.1, -0.05) is 24.3 Å². The second-order valence-electron chi connectivity index (χ2n) is 5.53. The van der Waals surface area contributed by atoms with Gasteiger partial charge in [-0.05, 0) is 35.4 Å². The van der Waals surface area contributed by atoms with Crippen LogP contribution < -0.4 is 0 Å². The summed E-state index contributed by atoms with van der Waals surface area (Å²) in [6, 6.07) is 19.2. The number of thioether (sulfide) groups is 1. The van der Waals surface area contributed by atoms with E-state index in [1.54, 1.807) is 36.0 Å². The first-order chi connectivity index (χ1) is 11.2. The van der Waals surface area contributed by atoms with E-state index in [1.807, 2.05) is 24.3 Å². The average Bonchev–Trinajstić information content (AvgIpc) is 2.61. The molecule has 1 fully saturated rings. The summed E-state index contributed by atoms with van der Waals surface area (Å²) in [6.07, 6.45) is 1.06. The Labute approximate surface area is 139 Å². The quantitative estimate of drug-likeness (QED) is 0.827. The summed E-state index contributed by atoms with van der Waals surface area (Å²) in [5.74, 6) is 0.257. The van der Waals surface area contributed by atoms with Crippen LogP contribution in [0.1, 0.15) is 45.6 Å². The van der Waals surface area contributed by atoms with Crippen molar-refractivity contribution in [1.29, 1.82) is 10.5 Å². The fraction of sp³-hybridized carbons (Fsp3) is 0.211. The van der Waals surface area contributed by atoms with Gasteiger partial charge in [0.05, 0.1) is 23.3 Å². The molecule has 1 aliphatic rings. The van der Waals surface area contributed by atoms with Crippen molar-refractivity contribution in [1.82, 2.24) is 0 Å². The molecule has 0 bridgehead atoms. The van der Waals surface area contributed by atoms with Gasteiger partial charge in [-0.25, -0.2) is 0 Å². The van der Waals surface area contributed by atoms with E-state index in [-0.39, 0.29) is 16.3 Å². The molecule has 1 heterocycles. The van der Waals surface area contributed by atoms with Crippen LogP contribution in [0.2, 0.25) is 0 Å². The highest BCUT2D eigenvalue weighted by Crippen LogP contribution is 2.48. The lowest BCUT2D eigenvalue weighted by atomic mass is 9.99. The number of benzene rings is 2. The Hall–Kier alpha value is -2.56. The van der Waals surface area contributed by atoms with Crippen LogP contribution in [-0.4, -0.2) is 5.78 Å². The van der Waals surface area contributed by atoms with Gasteiger partial charge in [-0.15, -0.1) is 11.8 Å². The summed E-state index contributed by atoms with van der Waals surface area (Å²) in [4.78, 5) is 12.2. The molecule has 0 unspecified atom stereocenters. The normalized spacial score (nSPS) is 20.5. The molecule has 1 aliphatic heterocycles. The molecule has 0 aromatic heterocycles. The molecule has 112 valence electrons. The summed E-state index contributed by atoms with van der Waals surface area (Å²) >= 11 is 1.78. The van der Waals surface area contributed by atoms with E-state index in [9.17, 15) is 4.79 Å². The van der Waals surface area contributed by atoms with Crippen LogP contribution in [0.15, 0.2) is 48.5 Å². The van der Waals surface area contributed by atoms with Crippen molar-refractivity contribution < 1.29 is 4.79 Å². The van der Waals surface area contributed by atoms with Crippen molar-refractivity contribution in [2.45, 2.75) is 23.3 Å². The van der Waals surface area contributed by atoms with Crippen LogP contribution in [0.3, 0.4) is 0 Å². The molecule has 2 aromatic carbocycles. The molecule has 0 N–H and O–H groups in total. The van der Waals surface area contributed by atoms with Crippen molar-refractivity contribution >= 4 is 17.5 Å². The first kappa shape index (κ1) is 15.3. The number of carbonyl (C=O) groups excluding carboxylic acids is 1. The minimum atomic E-state index is 0.115. The Bertz CT molecular complexity index is 730. The fourth-order valence-corrected chi connectivity index (χ4v) is 4.32. The summed E-state index contributed by atoms with van der Waals surface area (Å²) < 4.78 is 0.